The molecule has 0 fully saturated rings. The van der Waals surface area contributed by atoms with Crippen LogP contribution in [0.5, 0.6) is 0 Å². The number of hydrogen-bond acceptors (Lipinski definition) is 5. The Hall–Kier alpha value is -2.14. The molecule has 0 aliphatic rings. The Morgan fingerprint density at radius 3 is 2.76 bits per heavy atom. The van der Waals surface area contributed by atoms with E-state index in [4.69, 9.17) is 4.42 Å². The average molecular weight is 285 g/mol. The molecular weight excluding hydrogens is 266 g/mol. The second kappa shape index (κ2) is 5.69. The summed E-state index contributed by atoms with van der Waals surface area (Å²) in [6, 6.07) is 7.80. The van der Waals surface area contributed by atoms with Crippen molar-refractivity contribution >= 4 is 27.9 Å². The Kier molecular flexibility index (Phi) is 3.75. The van der Waals surface area contributed by atoms with Gasteiger partial charge in [0.1, 0.15) is 16.9 Å². The second-order valence-corrected chi connectivity index (χ2v) is 5.05. The van der Waals surface area contributed by atoms with E-state index in [0.29, 0.717) is 11.4 Å². The van der Waals surface area contributed by atoms with Crippen LogP contribution in [0.25, 0.3) is 22.1 Å². The zero-order valence-electron chi connectivity index (χ0n) is 12.3. The first-order chi connectivity index (χ1) is 10.3. The fraction of sp³-hybridized carbons (Fsp3) is 0.375. The fourth-order valence-corrected chi connectivity index (χ4v) is 2.36. The first-order valence-electron chi connectivity index (χ1n) is 7.32. The van der Waals surface area contributed by atoms with Crippen LogP contribution in [0.3, 0.4) is 0 Å². The third-order valence-electron chi connectivity index (χ3n) is 3.64. The topological polar surface area (TPSA) is 71.2 Å². The van der Waals surface area contributed by atoms with Crippen LogP contribution >= 0.6 is 0 Å². The predicted molar refractivity (Wildman–Crippen MR) is 83.5 cm³/mol. The van der Waals surface area contributed by atoms with Gasteiger partial charge in [0.25, 0.3) is 0 Å². The Morgan fingerprint density at radius 1 is 1.24 bits per heavy atom. The molecule has 0 aliphatic carbocycles. The summed E-state index contributed by atoms with van der Waals surface area (Å²) >= 11 is 0. The van der Waals surface area contributed by atoms with Crippen molar-refractivity contribution < 1.29 is 9.52 Å². The maximum Gasteiger partial charge on any atom is 0.196 e. The van der Waals surface area contributed by atoms with Gasteiger partial charge in [-0.05, 0) is 18.6 Å². The molecule has 2 heterocycles. The highest BCUT2D eigenvalue weighted by Crippen LogP contribution is 2.31. The molecule has 5 nitrogen and oxygen atoms in total. The number of benzene rings is 1. The van der Waals surface area contributed by atoms with Crippen molar-refractivity contribution in [2.75, 3.05) is 11.9 Å². The number of nitrogens with one attached hydrogen (secondary N) is 1. The molecule has 1 unspecified atom stereocenters. The number of aromatic nitrogens is 2. The van der Waals surface area contributed by atoms with E-state index in [9.17, 15) is 5.11 Å². The number of aliphatic hydroxyl groups is 1. The lowest BCUT2D eigenvalue weighted by Crippen LogP contribution is -2.23. The van der Waals surface area contributed by atoms with Crippen LogP contribution in [0.4, 0.5) is 5.82 Å². The standard InChI is InChI=1S/C16H19N3O2/c1-3-10(9-20)17-16-15-14(18-13(4-2)19-16)11-7-5-6-8-12(11)21-15/h5-8,10,20H,3-4,9H2,1-2H3,(H,17,18,19). The van der Waals surface area contributed by atoms with Crippen molar-refractivity contribution in [2.24, 2.45) is 0 Å². The lowest BCUT2D eigenvalue weighted by molar-refractivity contribution is 0.271. The molecule has 110 valence electrons. The smallest absolute Gasteiger partial charge is 0.196 e. The number of para-hydroxylation sites is 1. The molecule has 0 saturated heterocycles. The van der Waals surface area contributed by atoms with Crippen molar-refractivity contribution in [2.45, 2.75) is 32.7 Å². The average Bonchev–Trinajstić information content (AvgIpc) is 2.91. The molecule has 1 atom stereocenters. The maximum absolute atomic E-state index is 9.39. The van der Waals surface area contributed by atoms with E-state index >= 15 is 0 Å². The van der Waals surface area contributed by atoms with Crippen molar-refractivity contribution in [1.82, 2.24) is 9.97 Å². The van der Waals surface area contributed by atoms with Crippen LogP contribution in [0.15, 0.2) is 28.7 Å². The van der Waals surface area contributed by atoms with Gasteiger partial charge in [-0.15, -0.1) is 0 Å². The van der Waals surface area contributed by atoms with Crippen LogP contribution in [0.2, 0.25) is 0 Å². The summed E-state index contributed by atoms with van der Waals surface area (Å²) in [4.78, 5) is 9.12. The number of nitrogens with zero attached hydrogens (tertiary/aromatic N) is 2. The number of anilines is 1. The minimum atomic E-state index is -0.0407. The Balaban J connectivity index is 2.21. The summed E-state index contributed by atoms with van der Waals surface area (Å²) < 4.78 is 5.90. The monoisotopic (exact) mass is 285 g/mol. The quantitative estimate of drug-likeness (QED) is 0.753. The van der Waals surface area contributed by atoms with Gasteiger partial charge in [-0.25, -0.2) is 9.97 Å². The van der Waals surface area contributed by atoms with E-state index in [-0.39, 0.29) is 12.6 Å². The Morgan fingerprint density at radius 2 is 2.05 bits per heavy atom. The SMILES string of the molecule is CCc1nc(NC(CC)CO)c2oc3ccccc3c2n1. The minimum Gasteiger partial charge on any atom is -0.450 e. The molecule has 5 heteroatoms. The van der Waals surface area contributed by atoms with Crippen LogP contribution < -0.4 is 5.32 Å². The summed E-state index contributed by atoms with van der Waals surface area (Å²) in [5.74, 6) is 1.43. The van der Waals surface area contributed by atoms with Crippen molar-refractivity contribution in [3.05, 3.63) is 30.1 Å². The van der Waals surface area contributed by atoms with E-state index in [1.807, 2.05) is 38.1 Å². The van der Waals surface area contributed by atoms with Gasteiger partial charge in [-0.1, -0.05) is 26.0 Å². The number of hydrogen-bond donors (Lipinski definition) is 2. The molecule has 21 heavy (non-hydrogen) atoms. The number of aliphatic hydroxyl groups excluding tert-OH is 1. The molecule has 0 aliphatic heterocycles. The third-order valence-corrected chi connectivity index (χ3v) is 3.64. The van der Waals surface area contributed by atoms with Gasteiger partial charge in [-0.3, -0.25) is 0 Å². The minimum absolute atomic E-state index is 0.0407. The molecule has 0 saturated carbocycles. The second-order valence-electron chi connectivity index (χ2n) is 5.05. The summed E-state index contributed by atoms with van der Waals surface area (Å²) in [6.07, 6.45) is 1.56. The number of rotatable bonds is 5. The normalized spacial score (nSPS) is 12.9. The first kappa shape index (κ1) is 13.8. The molecule has 0 radical (unpaired) electrons. The van der Waals surface area contributed by atoms with Crippen LogP contribution in [-0.2, 0) is 6.42 Å². The van der Waals surface area contributed by atoms with E-state index in [1.165, 1.54) is 0 Å². The summed E-state index contributed by atoms with van der Waals surface area (Å²) in [5.41, 5.74) is 2.28. The van der Waals surface area contributed by atoms with Gasteiger partial charge in [-0.2, -0.15) is 0 Å². The summed E-state index contributed by atoms with van der Waals surface area (Å²) in [7, 11) is 0. The van der Waals surface area contributed by atoms with Crippen LogP contribution in [0, 0.1) is 0 Å². The van der Waals surface area contributed by atoms with E-state index < -0.39 is 0 Å². The van der Waals surface area contributed by atoms with Crippen molar-refractivity contribution in [3.63, 3.8) is 0 Å². The van der Waals surface area contributed by atoms with Gasteiger partial charge in [0.05, 0.1) is 12.6 Å². The number of aryl methyl sites for hydroxylation is 1. The molecule has 0 amide bonds. The van der Waals surface area contributed by atoms with E-state index in [2.05, 4.69) is 15.3 Å². The van der Waals surface area contributed by atoms with E-state index in [1.54, 1.807) is 0 Å². The van der Waals surface area contributed by atoms with Gasteiger partial charge in [0.2, 0.25) is 0 Å². The molecule has 3 aromatic rings. The maximum atomic E-state index is 9.39. The van der Waals surface area contributed by atoms with Gasteiger partial charge < -0.3 is 14.8 Å². The van der Waals surface area contributed by atoms with Crippen molar-refractivity contribution in [1.29, 1.82) is 0 Å². The molecule has 0 bridgehead atoms. The lowest BCUT2D eigenvalue weighted by atomic mass is 10.2. The lowest BCUT2D eigenvalue weighted by Gasteiger charge is -2.15. The molecule has 0 spiro atoms. The van der Waals surface area contributed by atoms with Crippen LogP contribution in [-0.4, -0.2) is 27.7 Å². The molecular formula is C16H19N3O2. The Labute approximate surface area is 123 Å². The predicted octanol–water partition coefficient (Wildman–Crippen LogP) is 3.12. The largest absolute Gasteiger partial charge is 0.450 e. The van der Waals surface area contributed by atoms with Gasteiger partial charge in [0, 0.05) is 11.8 Å². The Bertz CT molecular complexity index is 763. The summed E-state index contributed by atoms with van der Waals surface area (Å²) in [6.45, 7) is 4.10. The molecule has 2 aromatic heterocycles. The molecule has 3 rings (SSSR count). The number of furan rings is 1. The third kappa shape index (κ3) is 2.45. The van der Waals surface area contributed by atoms with Crippen molar-refractivity contribution in [3.8, 4) is 0 Å². The highest BCUT2D eigenvalue weighted by atomic mass is 16.3. The molecule has 1 aromatic carbocycles. The highest BCUT2D eigenvalue weighted by molar-refractivity contribution is 6.05. The molecule has 2 N–H and O–H groups in total. The first-order valence-corrected chi connectivity index (χ1v) is 7.32. The van der Waals surface area contributed by atoms with Gasteiger partial charge >= 0.3 is 0 Å². The highest BCUT2D eigenvalue weighted by Gasteiger charge is 2.17. The van der Waals surface area contributed by atoms with E-state index in [0.717, 1.165) is 35.2 Å². The zero-order valence-corrected chi connectivity index (χ0v) is 12.3. The van der Waals surface area contributed by atoms with Crippen LogP contribution in [0.1, 0.15) is 26.1 Å². The number of fused-ring (bicyclic) bond motifs is 3. The summed E-state index contributed by atoms with van der Waals surface area (Å²) in [5, 5.41) is 13.6. The zero-order chi connectivity index (χ0) is 14.8. The van der Waals surface area contributed by atoms with Gasteiger partial charge in [0.15, 0.2) is 11.4 Å². The fourth-order valence-electron chi connectivity index (χ4n) is 2.36.